The van der Waals surface area contributed by atoms with E-state index < -0.39 is 32.8 Å². The quantitative estimate of drug-likeness (QED) is 0.865. The number of rotatable bonds is 6. The molecule has 0 aliphatic heterocycles. The first-order chi connectivity index (χ1) is 10.8. The average molecular weight is 350 g/mol. The van der Waals surface area contributed by atoms with Crippen LogP contribution in [0.5, 0.6) is 0 Å². The maximum atomic E-state index is 12.9. The lowest BCUT2D eigenvalue weighted by molar-refractivity contribution is -0.143. The van der Waals surface area contributed by atoms with Crippen LogP contribution in [0.3, 0.4) is 0 Å². The minimum absolute atomic E-state index is 0.117. The van der Waals surface area contributed by atoms with Gasteiger partial charge in [-0.25, -0.2) is 8.42 Å². The van der Waals surface area contributed by atoms with Crippen molar-refractivity contribution in [1.82, 2.24) is 9.71 Å². The molecule has 0 radical (unpaired) electrons. The van der Waals surface area contributed by atoms with Crippen molar-refractivity contribution in [1.29, 1.82) is 0 Å². The van der Waals surface area contributed by atoms with E-state index in [0.717, 1.165) is 18.3 Å². The van der Waals surface area contributed by atoms with Crippen molar-refractivity contribution in [2.45, 2.75) is 17.1 Å². The van der Waals surface area contributed by atoms with Crippen molar-refractivity contribution in [2.24, 2.45) is 0 Å². The van der Waals surface area contributed by atoms with Crippen LogP contribution in [0.2, 0.25) is 0 Å². The molecule has 2 aromatic rings. The van der Waals surface area contributed by atoms with Crippen molar-refractivity contribution in [3.63, 3.8) is 0 Å². The lowest BCUT2D eigenvalue weighted by Gasteiger charge is -2.17. The lowest BCUT2D eigenvalue weighted by atomic mass is 10.2. The molecule has 1 atom stereocenters. The molecule has 23 heavy (non-hydrogen) atoms. The van der Waals surface area contributed by atoms with Gasteiger partial charge in [-0.15, -0.1) is 0 Å². The van der Waals surface area contributed by atoms with Gasteiger partial charge in [0.15, 0.2) is 5.69 Å². The Morgan fingerprint density at radius 2 is 2.09 bits per heavy atom. The molecule has 0 saturated carbocycles. The van der Waals surface area contributed by atoms with Crippen LogP contribution in [0.15, 0.2) is 46.0 Å². The van der Waals surface area contributed by atoms with Gasteiger partial charge in [0.25, 0.3) is 0 Å². The average Bonchev–Trinajstić information content (AvgIpc) is 3.00. The number of sulfonamides is 1. The monoisotopic (exact) mass is 350 g/mol. The summed E-state index contributed by atoms with van der Waals surface area (Å²) < 4.78 is 75.6. The summed E-state index contributed by atoms with van der Waals surface area (Å²) in [5, 5.41) is 0. The molecular formula is C13H13F3N2O4S. The van der Waals surface area contributed by atoms with E-state index in [0.29, 0.717) is 0 Å². The summed E-state index contributed by atoms with van der Waals surface area (Å²) in [6.45, 7) is -0.117. The van der Waals surface area contributed by atoms with Gasteiger partial charge >= 0.3 is 6.18 Å². The minimum Gasteiger partial charge on any atom is -0.468 e. The van der Waals surface area contributed by atoms with E-state index in [2.05, 4.69) is 9.71 Å². The maximum Gasteiger partial charge on any atom is 0.434 e. The van der Waals surface area contributed by atoms with Crippen LogP contribution in [-0.4, -0.2) is 27.1 Å². The van der Waals surface area contributed by atoms with Crippen molar-refractivity contribution in [2.75, 3.05) is 13.7 Å². The SMILES string of the molecule is COCC(NS(=O)(=O)c1cccnc1C(F)(F)F)c1ccco1. The molecule has 0 spiro atoms. The second kappa shape index (κ2) is 6.69. The highest BCUT2D eigenvalue weighted by molar-refractivity contribution is 7.89. The maximum absolute atomic E-state index is 12.9. The Balaban J connectivity index is 2.39. The van der Waals surface area contributed by atoms with Crippen LogP contribution in [-0.2, 0) is 20.9 Å². The number of nitrogens with zero attached hydrogens (tertiary/aromatic N) is 1. The molecule has 0 saturated heterocycles. The summed E-state index contributed by atoms with van der Waals surface area (Å²) in [7, 11) is -3.17. The topological polar surface area (TPSA) is 81.4 Å². The number of methoxy groups -OCH3 is 1. The molecule has 126 valence electrons. The summed E-state index contributed by atoms with van der Waals surface area (Å²) in [4.78, 5) is 2.18. The van der Waals surface area contributed by atoms with Crippen molar-refractivity contribution in [3.05, 3.63) is 48.2 Å². The standard InChI is InChI=1S/C13H13F3N2O4S/c1-21-8-9(10-4-3-7-22-10)18-23(19,20)11-5-2-6-17-12(11)13(14,15)16/h2-7,9,18H,8H2,1H3. The number of aromatic nitrogens is 1. The molecule has 2 aromatic heterocycles. The van der Waals surface area contributed by atoms with Gasteiger partial charge in [0.05, 0.1) is 12.9 Å². The second-order valence-electron chi connectivity index (χ2n) is 4.49. The van der Waals surface area contributed by atoms with Crippen LogP contribution in [0, 0.1) is 0 Å². The molecule has 2 rings (SSSR count). The van der Waals surface area contributed by atoms with Gasteiger partial charge in [-0.05, 0) is 24.3 Å². The molecule has 1 N–H and O–H groups in total. The van der Waals surface area contributed by atoms with Crippen LogP contribution in [0.4, 0.5) is 13.2 Å². The number of halogens is 3. The summed E-state index contributed by atoms with van der Waals surface area (Å²) in [5.74, 6) is 0.216. The van der Waals surface area contributed by atoms with E-state index >= 15 is 0 Å². The van der Waals surface area contributed by atoms with Gasteiger partial charge in [-0.3, -0.25) is 4.98 Å². The Kier molecular flexibility index (Phi) is 5.07. The smallest absolute Gasteiger partial charge is 0.434 e. The summed E-state index contributed by atoms with van der Waals surface area (Å²) in [6.07, 6.45) is -2.70. The fourth-order valence-corrected chi connectivity index (χ4v) is 3.27. The second-order valence-corrected chi connectivity index (χ2v) is 6.17. The third-order valence-corrected chi connectivity index (χ3v) is 4.35. The number of nitrogens with one attached hydrogen (secondary N) is 1. The highest BCUT2D eigenvalue weighted by Gasteiger charge is 2.39. The first-order valence-corrected chi connectivity index (χ1v) is 7.81. The predicted octanol–water partition coefficient (Wildman–Crippen LogP) is 2.36. The van der Waals surface area contributed by atoms with E-state index in [1.807, 2.05) is 0 Å². The molecule has 6 nitrogen and oxygen atoms in total. The van der Waals surface area contributed by atoms with Crippen LogP contribution < -0.4 is 4.72 Å². The summed E-state index contributed by atoms with van der Waals surface area (Å²) in [5.41, 5.74) is -1.48. The summed E-state index contributed by atoms with van der Waals surface area (Å²) in [6, 6.07) is 3.99. The van der Waals surface area contributed by atoms with Crippen LogP contribution in [0.1, 0.15) is 17.5 Å². The molecule has 0 bridgehead atoms. The van der Waals surface area contributed by atoms with E-state index in [1.165, 1.54) is 25.5 Å². The Morgan fingerprint density at radius 3 is 2.65 bits per heavy atom. The van der Waals surface area contributed by atoms with Crippen molar-refractivity contribution < 1.29 is 30.7 Å². The Hall–Kier alpha value is -1.91. The first-order valence-electron chi connectivity index (χ1n) is 6.32. The zero-order valence-electron chi connectivity index (χ0n) is 11.9. The highest BCUT2D eigenvalue weighted by atomic mass is 32.2. The van der Waals surface area contributed by atoms with E-state index in [9.17, 15) is 21.6 Å². The zero-order valence-corrected chi connectivity index (χ0v) is 12.7. The Labute approximate surface area is 130 Å². The largest absolute Gasteiger partial charge is 0.468 e. The van der Waals surface area contributed by atoms with Crippen molar-refractivity contribution >= 4 is 10.0 Å². The molecule has 1 unspecified atom stereocenters. The normalized spacial score (nSPS) is 13.9. The molecular weight excluding hydrogens is 337 g/mol. The minimum atomic E-state index is -4.90. The molecule has 2 heterocycles. The van der Waals surface area contributed by atoms with Crippen LogP contribution >= 0.6 is 0 Å². The van der Waals surface area contributed by atoms with Gasteiger partial charge in [0.2, 0.25) is 10.0 Å². The highest BCUT2D eigenvalue weighted by Crippen LogP contribution is 2.32. The first kappa shape index (κ1) is 17.4. The lowest BCUT2D eigenvalue weighted by Crippen LogP contribution is -2.32. The van der Waals surface area contributed by atoms with E-state index in [4.69, 9.17) is 9.15 Å². The number of hydrogen-bond acceptors (Lipinski definition) is 5. The molecule has 0 aromatic carbocycles. The fraction of sp³-hybridized carbons (Fsp3) is 0.308. The summed E-state index contributed by atoms with van der Waals surface area (Å²) >= 11 is 0. The van der Waals surface area contributed by atoms with Crippen LogP contribution in [0.25, 0.3) is 0 Å². The third kappa shape index (κ3) is 4.09. The number of pyridine rings is 1. The molecule has 10 heteroatoms. The number of hydrogen-bond donors (Lipinski definition) is 1. The van der Waals surface area contributed by atoms with E-state index in [-0.39, 0.29) is 12.4 Å². The van der Waals surface area contributed by atoms with Gasteiger partial charge in [0, 0.05) is 13.3 Å². The van der Waals surface area contributed by atoms with Gasteiger partial charge in [-0.2, -0.15) is 17.9 Å². The molecule has 0 fully saturated rings. The zero-order chi connectivity index (χ0) is 17.1. The van der Waals surface area contributed by atoms with Gasteiger partial charge < -0.3 is 9.15 Å². The third-order valence-electron chi connectivity index (χ3n) is 2.85. The van der Waals surface area contributed by atoms with Gasteiger partial charge in [0.1, 0.15) is 16.7 Å². The fourth-order valence-electron chi connectivity index (χ4n) is 1.90. The Bertz CT molecular complexity index is 745. The number of furan rings is 1. The van der Waals surface area contributed by atoms with Gasteiger partial charge in [-0.1, -0.05) is 0 Å². The number of alkyl halides is 3. The number of ether oxygens (including phenoxy) is 1. The van der Waals surface area contributed by atoms with Crippen molar-refractivity contribution in [3.8, 4) is 0 Å². The van der Waals surface area contributed by atoms with E-state index in [1.54, 1.807) is 0 Å². The Morgan fingerprint density at radius 1 is 1.35 bits per heavy atom. The predicted molar refractivity (Wildman–Crippen MR) is 72.9 cm³/mol. The molecule has 0 aliphatic rings. The molecule has 0 aliphatic carbocycles. The molecule has 0 amide bonds.